The summed E-state index contributed by atoms with van der Waals surface area (Å²) in [4.78, 5) is 21.5. The van der Waals surface area contributed by atoms with Crippen molar-refractivity contribution in [2.45, 2.75) is 45.4 Å². The van der Waals surface area contributed by atoms with Crippen LogP contribution in [-0.4, -0.2) is 15.9 Å². The van der Waals surface area contributed by atoms with Gasteiger partial charge in [-0.15, -0.1) is 0 Å². The number of aryl methyl sites for hydroxylation is 1. The van der Waals surface area contributed by atoms with Gasteiger partial charge in [0.15, 0.2) is 5.65 Å². The number of anilines is 1. The number of aromatic nitrogens is 2. The van der Waals surface area contributed by atoms with E-state index in [0.29, 0.717) is 11.8 Å². The Balaban J connectivity index is 1.39. The first-order chi connectivity index (χ1) is 13.6. The summed E-state index contributed by atoms with van der Waals surface area (Å²) < 4.78 is 0. The second-order valence-electron chi connectivity index (χ2n) is 8.03. The number of hydrogen-bond acceptors (Lipinski definition) is 3. The average Bonchev–Trinajstić information content (AvgIpc) is 2.74. The Hall–Kier alpha value is -2.75. The van der Waals surface area contributed by atoms with Crippen LogP contribution in [0.2, 0.25) is 0 Å². The van der Waals surface area contributed by atoms with Gasteiger partial charge in [0.25, 0.3) is 0 Å². The molecule has 0 saturated heterocycles. The van der Waals surface area contributed by atoms with Gasteiger partial charge in [-0.1, -0.05) is 24.6 Å². The zero-order valence-corrected chi connectivity index (χ0v) is 16.6. The predicted octanol–water partition coefficient (Wildman–Crippen LogP) is 5.49. The molecule has 2 aromatic heterocycles. The third kappa shape index (κ3) is 3.91. The number of hydrogen-bond donors (Lipinski definition) is 1. The second-order valence-corrected chi connectivity index (χ2v) is 8.03. The summed E-state index contributed by atoms with van der Waals surface area (Å²) in [6, 6.07) is 14.2. The molecule has 0 radical (unpaired) electrons. The largest absolute Gasteiger partial charge is 0.326 e. The van der Waals surface area contributed by atoms with E-state index in [-0.39, 0.29) is 11.8 Å². The first-order valence-electron chi connectivity index (χ1n) is 10.2. The van der Waals surface area contributed by atoms with Gasteiger partial charge < -0.3 is 5.32 Å². The highest BCUT2D eigenvalue weighted by Crippen LogP contribution is 2.40. The highest BCUT2D eigenvalue weighted by atomic mass is 16.1. The van der Waals surface area contributed by atoms with Crippen molar-refractivity contribution >= 4 is 22.6 Å². The van der Waals surface area contributed by atoms with Crippen molar-refractivity contribution in [3.8, 4) is 0 Å². The summed E-state index contributed by atoms with van der Waals surface area (Å²) in [6.45, 7) is 4.12. The number of amides is 1. The van der Waals surface area contributed by atoms with Crippen molar-refractivity contribution in [2.75, 3.05) is 5.32 Å². The third-order valence-electron chi connectivity index (χ3n) is 6.20. The van der Waals surface area contributed by atoms with Crippen LogP contribution in [0.5, 0.6) is 0 Å². The van der Waals surface area contributed by atoms with Crippen LogP contribution >= 0.6 is 0 Å². The zero-order valence-electron chi connectivity index (χ0n) is 16.6. The van der Waals surface area contributed by atoms with Crippen LogP contribution in [0.15, 0.2) is 54.9 Å². The van der Waals surface area contributed by atoms with Crippen LogP contribution in [0, 0.1) is 18.8 Å². The zero-order chi connectivity index (χ0) is 19.5. The molecule has 4 heteroatoms. The highest BCUT2D eigenvalue weighted by molar-refractivity contribution is 5.92. The monoisotopic (exact) mass is 373 g/mol. The van der Waals surface area contributed by atoms with E-state index in [1.165, 1.54) is 16.5 Å². The van der Waals surface area contributed by atoms with Gasteiger partial charge >= 0.3 is 0 Å². The summed E-state index contributed by atoms with van der Waals surface area (Å²) in [5.74, 6) is 1.12. The Morgan fingerprint density at radius 1 is 1.00 bits per heavy atom. The van der Waals surface area contributed by atoms with Crippen LogP contribution in [0.1, 0.15) is 49.7 Å². The third-order valence-corrected chi connectivity index (χ3v) is 6.20. The molecule has 0 spiro atoms. The molecule has 0 bridgehead atoms. The molecule has 1 aromatic carbocycles. The molecule has 1 atom stereocenters. The number of pyridine rings is 2. The minimum absolute atomic E-state index is 0.0260. The number of benzene rings is 1. The van der Waals surface area contributed by atoms with Crippen LogP contribution in [0.25, 0.3) is 11.0 Å². The number of rotatable bonds is 4. The van der Waals surface area contributed by atoms with Gasteiger partial charge in [-0.2, -0.15) is 0 Å². The molecule has 144 valence electrons. The topological polar surface area (TPSA) is 54.9 Å². The summed E-state index contributed by atoms with van der Waals surface area (Å²) in [6.07, 6.45) is 8.05. The molecule has 1 N–H and O–H groups in total. The molecule has 1 fully saturated rings. The number of nitrogens with one attached hydrogen (secondary N) is 1. The van der Waals surface area contributed by atoms with E-state index < -0.39 is 0 Å². The lowest BCUT2D eigenvalue weighted by Gasteiger charge is -2.32. The predicted molar refractivity (Wildman–Crippen MR) is 113 cm³/mol. The van der Waals surface area contributed by atoms with E-state index in [0.717, 1.165) is 37.0 Å². The van der Waals surface area contributed by atoms with Crippen molar-refractivity contribution in [1.29, 1.82) is 0 Å². The van der Waals surface area contributed by atoms with Crippen molar-refractivity contribution in [3.05, 3.63) is 66.0 Å². The van der Waals surface area contributed by atoms with E-state index in [1.807, 2.05) is 36.5 Å². The van der Waals surface area contributed by atoms with Crippen LogP contribution in [0.3, 0.4) is 0 Å². The van der Waals surface area contributed by atoms with Gasteiger partial charge in [-0.25, -0.2) is 9.97 Å². The SMILES string of the molecule is Cc1ccc(NC(=O)C(C)C2CCC(c3ccnc4ncccc34)CC2)cc1. The maximum absolute atomic E-state index is 12.7. The van der Waals surface area contributed by atoms with E-state index in [4.69, 9.17) is 0 Å². The molecule has 2 heterocycles. The Bertz CT molecular complexity index is 954. The van der Waals surface area contributed by atoms with Gasteiger partial charge in [0.2, 0.25) is 5.91 Å². The van der Waals surface area contributed by atoms with E-state index >= 15 is 0 Å². The molecule has 4 rings (SSSR count). The molecule has 1 aliphatic rings. The summed E-state index contributed by atoms with van der Waals surface area (Å²) >= 11 is 0. The van der Waals surface area contributed by atoms with Gasteiger partial charge in [-0.3, -0.25) is 4.79 Å². The maximum atomic E-state index is 12.7. The first-order valence-corrected chi connectivity index (χ1v) is 10.2. The normalized spacial score (nSPS) is 20.6. The molecule has 3 aromatic rings. The number of carbonyl (C=O) groups is 1. The van der Waals surface area contributed by atoms with Gasteiger partial charge in [0, 0.05) is 29.4 Å². The second kappa shape index (κ2) is 8.09. The van der Waals surface area contributed by atoms with Gasteiger partial charge in [0.1, 0.15) is 0 Å². The Morgan fingerprint density at radius 2 is 1.71 bits per heavy atom. The average molecular weight is 374 g/mol. The quantitative estimate of drug-likeness (QED) is 0.658. The lowest BCUT2D eigenvalue weighted by atomic mass is 9.73. The van der Waals surface area contributed by atoms with Crippen molar-refractivity contribution in [1.82, 2.24) is 9.97 Å². The fraction of sp³-hybridized carbons (Fsp3) is 0.375. The minimum Gasteiger partial charge on any atom is -0.326 e. The standard InChI is InChI=1S/C24H27N3O/c1-16-5-11-20(12-6-16)27-24(28)17(2)18-7-9-19(10-8-18)21-13-15-26-23-22(21)4-3-14-25-23/h3-6,11-15,17-19H,7-10H2,1-2H3,(H,27,28). The fourth-order valence-corrected chi connectivity index (χ4v) is 4.40. The molecule has 28 heavy (non-hydrogen) atoms. The number of fused-ring (bicyclic) bond motifs is 1. The molecular weight excluding hydrogens is 346 g/mol. The Kier molecular flexibility index (Phi) is 5.38. The lowest BCUT2D eigenvalue weighted by Crippen LogP contribution is -2.29. The van der Waals surface area contributed by atoms with Gasteiger partial charge in [0.05, 0.1) is 0 Å². The molecule has 1 unspecified atom stereocenters. The summed E-state index contributed by atoms with van der Waals surface area (Å²) in [7, 11) is 0. The highest BCUT2D eigenvalue weighted by Gasteiger charge is 2.30. The Morgan fingerprint density at radius 3 is 2.46 bits per heavy atom. The molecule has 1 aliphatic carbocycles. The van der Waals surface area contributed by atoms with Crippen molar-refractivity contribution < 1.29 is 4.79 Å². The Labute approximate surface area is 166 Å². The fourth-order valence-electron chi connectivity index (χ4n) is 4.40. The van der Waals surface area contributed by atoms with Crippen LogP contribution in [0.4, 0.5) is 5.69 Å². The minimum atomic E-state index is 0.0260. The van der Waals surface area contributed by atoms with Crippen LogP contribution < -0.4 is 5.32 Å². The number of nitrogens with zero attached hydrogens (tertiary/aromatic N) is 2. The van der Waals surface area contributed by atoms with Crippen LogP contribution in [-0.2, 0) is 4.79 Å². The summed E-state index contributed by atoms with van der Waals surface area (Å²) in [5.41, 5.74) is 4.26. The van der Waals surface area contributed by atoms with E-state index in [2.05, 4.69) is 41.3 Å². The molecule has 4 nitrogen and oxygen atoms in total. The summed E-state index contributed by atoms with van der Waals surface area (Å²) in [5, 5.41) is 4.24. The van der Waals surface area contributed by atoms with E-state index in [9.17, 15) is 4.79 Å². The molecular formula is C24H27N3O. The van der Waals surface area contributed by atoms with Gasteiger partial charge in [-0.05, 0) is 80.3 Å². The number of carbonyl (C=O) groups excluding carboxylic acids is 1. The molecule has 1 saturated carbocycles. The maximum Gasteiger partial charge on any atom is 0.227 e. The molecule has 1 amide bonds. The van der Waals surface area contributed by atoms with Crippen molar-refractivity contribution in [2.24, 2.45) is 11.8 Å². The lowest BCUT2D eigenvalue weighted by molar-refractivity contribution is -0.121. The van der Waals surface area contributed by atoms with E-state index in [1.54, 1.807) is 6.20 Å². The first kappa shape index (κ1) is 18.6. The molecule has 0 aliphatic heterocycles. The van der Waals surface area contributed by atoms with Crippen molar-refractivity contribution in [3.63, 3.8) is 0 Å². The smallest absolute Gasteiger partial charge is 0.227 e.